The molecule has 2 aromatic heterocycles. The van der Waals surface area contributed by atoms with Crippen LogP contribution in [-0.4, -0.2) is 63.1 Å². The molecule has 36 heavy (non-hydrogen) atoms. The Labute approximate surface area is 206 Å². The summed E-state index contributed by atoms with van der Waals surface area (Å²) in [5.74, 6) is -1.81. The van der Waals surface area contributed by atoms with Crippen LogP contribution in [0.3, 0.4) is 0 Å². The first-order valence-electron chi connectivity index (χ1n) is 11.8. The van der Waals surface area contributed by atoms with E-state index in [1.54, 1.807) is 23.1 Å². The third kappa shape index (κ3) is 3.95. The van der Waals surface area contributed by atoms with E-state index in [1.807, 2.05) is 60.4 Å². The zero-order valence-electron chi connectivity index (χ0n) is 19.9. The lowest BCUT2D eigenvalue weighted by atomic mass is 9.87. The standard InChI is InChI=1S/C25H26F2N8O/c1-16-11-17(3-4-21(16)36-18-6-9-34-22(12-18)33(2)15-31-34)32-24-23-19(7-10-35(23)30-14-29-24)20-5-8-28-13-25(20,26)27/h3-4,6-7,9-12,14-15,20,22,28H,5,8,13H2,1-2H3,(H,29,30,32). The summed E-state index contributed by atoms with van der Waals surface area (Å²) in [5.41, 5.74) is 2.80. The van der Waals surface area contributed by atoms with Crippen LogP contribution in [0.2, 0.25) is 0 Å². The summed E-state index contributed by atoms with van der Waals surface area (Å²) < 4.78 is 37.2. The largest absolute Gasteiger partial charge is 0.457 e. The Morgan fingerprint density at radius 3 is 2.97 bits per heavy atom. The van der Waals surface area contributed by atoms with Crippen molar-refractivity contribution in [1.29, 1.82) is 0 Å². The average Bonchev–Trinajstić information content (AvgIpc) is 3.45. The first-order valence-corrected chi connectivity index (χ1v) is 11.8. The zero-order valence-corrected chi connectivity index (χ0v) is 19.9. The molecular formula is C25H26F2N8O. The van der Waals surface area contributed by atoms with Crippen molar-refractivity contribution >= 4 is 23.4 Å². The first kappa shape index (κ1) is 22.5. The molecule has 0 aliphatic carbocycles. The Hall–Kier alpha value is -3.99. The van der Waals surface area contributed by atoms with Gasteiger partial charge >= 0.3 is 0 Å². The fourth-order valence-corrected chi connectivity index (χ4v) is 4.88. The number of hydrogen-bond donors (Lipinski definition) is 2. The number of hydrazone groups is 1. The van der Waals surface area contributed by atoms with Gasteiger partial charge in [0.05, 0.1) is 12.5 Å². The second kappa shape index (κ2) is 8.59. The SMILES string of the molecule is Cc1cc(Nc2ncnn3ccc(C4CCNCC4(F)F)c23)ccc1OC1=CC2N(C)C=NN2C=C1. The highest BCUT2D eigenvalue weighted by Crippen LogP contribution is 2.41. The third-order valence-corrected chi connectivity index (χ3v) is 6.77. The van der Waals surface area contributed by atoms with E-state index in [9.17, 15) is 8.78 Å². The topological polar surface area (TPSA) is 82.3 Å². The highest BCUT2D eigenvalue weighted by molar-refractivity contribution is 5.77. The predicted octanol–water partition coefficient (Wildman–Crippen LogP) is 3.80. The maximum atomic E-state index is 14.7. The Morgan fingerprint density at radius 2 is 2.14 bits per heavy atom. The number of likely N-dealkylation sites (N-methyl/N-ethyl adjacent to an activating group) is 1. The van der Waals surface area contributed by atoms with Gasteiger partial charge in [0, 0.05) is 31.2 Å². The number of benzene rings is 1. The van der Waals surface area contributed by atoms with E-state index >= 15 is 0 Å². The van der Waals surface area contributed by atoms with Gasteiger partial charge in [-0.25, -0.2) is 23.3 Å². The molecule has 2 unspecified atom stereocenters. The molecule has 0 bridgehead atoms. The van der Waals surface area contributed by atoms with Crippen molar-refractivity contribution in [1.82, 2.24) is 29.8 Å². The number of piperidine rings is 1. The number of aromatic nitrogens is 3. The van der Waals surface area contributed by atoms with Gasteiger partial charge in [0.25, 0.3) is 5.92 Å². The molecule has 186 valence electrons. The molecule has 3 aliphatic rings. The molecule has 9 nitrogen and oxygen atoms in total. The van der Waals surface area contributed by atoms with Crippen LogP contribution < -0.4 is 15.4 Å². The summed E-state index contributed by atoms with van der Waals surface area (Å²) in [6, 6.07) is 7.43. The quantitative estimate of drug-likeness (QED) is 0.561. The lowest BCUT2D eigenvalue weighted by Gasteiger charge is -2.31. The van der Waals surface area contributed by atoms with Crippen LogP contribution in [0.25, 0.3) is 5.52 Å². The van der Waals surface area contributed by atoms with E-state index in [1.165, 1.54) is 6.33 Å². The lowest BCUT2D eigenvalue weighted by Crippen LogP contribution is -2.44. The molecule has 5 heterocycles. The number of nitrogens with zero attached hydrogens (tertiary/aromatic N) is 6. The number of alkyl halides is 2. The minimum absolute atomic E-state index is 0.00464. The van der Waals surface area contributed by atoms with E-state index in [0.717, 1.165) is 22.8 Å². The molecular weight excluding hydrogens is 466 g/mol. The number of halogens is 2. The van der Waals surface area contributed by atoms with Gasteiger partial charge < -0.3 is 20.3 Å². The average molecular weight is 493 g/mol. The smallest absolute Gasteiger partial charge is 0.267 e. The molecule has 1 saturated heterocycles. The van der Waals surface area contributed by atoms with Crippen LogP contribution in [-0.2, 0) is 0 Å². The fraction of sp³-hybridized carbons (Fsp3) is 0.320. The normalized spacial score (nSPS) is 22.6. The monoisotopic (exact) mass is 492 g/mol. The van der Waals surface area contributed by atoms with Gasteiger partial charge in [0.2, 0.25) is 0 Å². The minimum Gasteiger partial charge on any atom is -0.457 e. The Bertz CT molecular complexity index is 1400. The molecule has 0 saturated carbocycles. The maximum absolute atomic E-state index is 14.7. The molecule has 0 radical (unpaired) electrons. The van der Waals surface area contributed by atoms with Crippen LogP contribution in [0.5, 0.6) is 5.75 Å². The maximum Gasteiger partial charge on any atom is 0.267 e. The van der Waals surface area contributed by atoms with E-state index in [4.69, 9.17) is 4.74 Å². The van der Waals surface area contributed by atoms with Gasteiger partial charge in [-0.15, -0.1) is 0 Å². The molecule has 3 aromatic rings. The van der Waals surface area contributed by atoms with Gasteiger partial charge in [-0.1, -0.05) is 0 Å². The number of aryl methyl sites for hydroxylation is 1. The summed E-state index contributed by atoms with van der Waals surface area (Å²) in [5, 5.41) is 16.5. The number of rotatable bonds is 5. The number of anilines is 2. The summed E-state index contributed by atoms with van der Waals surface area (Å²) in [6.45, 7) is 2.17. The van der Waals surface area contributed by atoms with Gasteiger partial charge in [-0.2, -0.15) is 10.2 Å². The highest BCUT2D eigenvalue weighted by atomic mass is 19.3. The van der Waals surface area contributed by atoms with Crippen molar-refractivity contribution < 1.29 is 13.5 Å². The van der Waals surface area contributed by atoms with Crippen molar-refractivity contribution in [2.75, 3.05) is 25.5 Å². The molecule has 0 spiro atoms. The van der Waals surface area contributed by atoms with Crippen LogP contribution >= 0.6 is 0 Å². The summed E-state index contributed by atoms with van der Waals surface area (Å²) in [7, 11) is 1.96. The number of nitrogens with one attached hydrogen (secondary N) is 2. The number of hydrogen-bond acceptors (Lipinski definition) is 8. The van der Waals surface area contributed by atoms with Gasteiger partial charge in [-0.05, 0) is 61.4 Å². The molecule has 1 aromatic carbocycles. The Balaban J connectivity index is 1.25. The minimum atomic E-state index is -2.85. The van der Waals surface area contributed by atoms with E-state index in [0.29, 0.717) is 29.9 Å². The molecule has 2 atom stereocenters. The van der Waals surface area contributed by atoms with Gasteiger partial charge in [0.1, 0.15) is 35.9 Å². The predicted molar refractivity (Wildman–Crippen MR) is 132 cm³/mol. The van der Waals surface area contributed by atoms with Crippen LogP contribution in [0.15, 0.2) is 66.0 Å². The summed E-state index contributed by atoms with van der Waals surface area (Å²) in [4.78, 5) is 6.38. The van der Waals surface area contributed by atoms with E-state index < -0.39 is 11.8 Å². The molecule has 6 rings (SSSR count). The van der Waals surface area contributed by atoms with Crippen molar-refractivity contribution in [3.63, 3.8) is 0 Å². The Morgan fingerprint density at radius 1 is 1.25 bits per heavy atom. The van der Waals surface area contributed by atoms with Crippen molar-refractivity contribution in [2.24, 2.45) is 5.10 Å². The molecule has 0 amide bonds. The number of allylic oxidation sites excluding steroid dienone is 1. The number of ether oxygens (including phenoxy) is 1. The summed E-state index contributed by atoms with van der Waals surface area (Å²) in [6.07, 6.45) is 11.0. The van der Waals surface area contributed by atoms with Crippen molar-refractivity contribution in [3.8, 4) is 5.75 Å². The van der Waals surface area contributed by atoms with Gasteiger partial charge in [-0.3, -0.25) is 0 Å². The fourth-order valence-electron chi connectivity index (χ4n) is 4.88. The van der Waals surface area contributed by atoms with Crippen LogP contribution in [0.1, 0.15) is 23.5 Å². The highest BCUT2D eigenvalue weighted by Gasteiger charge is 2.43. The van der Waals surface area contributed by atoms with Gasteiger partial charge in [0.15, 0.2) is 5.82 Å². The van der Waals surface area contributed by atoms with Crippen molar-refractivity contribution in [3.05, 3.63) is 72.0 Å². The van der Waals surface area contributed by atoms with Crippen molar-refractivity contribution in [2.45, 2.75) is 31.4 Å². The zero-order chi connectivity index (χ0) is 24.9. The number of fused-ring (bicyclic) bond motifs is 2. The molecule has 11 heteroatoms. The molecule has 1 fully saturated rings. The Kier molecular flexibility index (Phi) is 5.36. The van der Waals surface area contributed by atoms with Crippen LogP contribution in [0.4, 0.5) is 20.3 Å². The van der Waals surface area contributed by atoms with E-state index in [-0.39, 0.29) is 12.7 Å². The molecule has 2 N–H and O–H groups in total. The first-order chi connectivity index (χ1) is 17.4. The lowest BCUT2D eigenvalue weighted by molar-refractivity contribution is -0.0415. The second-order valence-electron chi connectivity index (χ2n) is 9.23. The summed E-state index contributed by atoms with van der Waals surface area (Å²) >= 11 is 0. The van der Waals surface area contributed by atoms with E-state index in [2.05, 4.69) is 25.8 Å². The van der Waals surface area contributed by atoms with Crippen LogP contribution in [0, 0.1) is 6.92 Å². The molecule has 3 aliphatic heterocycles. The second-order valence-corrected chi connectivity index (χ2v) is 9.23. The third-order valence-electron chi connectivity index (χ3n) is 6.77.